The number of aromatic nitrogens is 1. The minimum atomic E-state index is -0.229. The topological polar surface area (TPSA) is 28.2 Å². The third kappa shape index (κ3) is 2.71. The first-order valence-electron chi connectivity index (χ1n) is 8.71. The smallest absolute Gasteiger partial charge is 0.0985 e. The summed E-state index contributed by atoms with van der Waals surface area (Å²) in [5.74, 6) is 0.885. The number of rotatable bonds is 2. The maximum Gasteiger partial charge on any atom is 0.0985 e. The van der Waals surface area contributed by atoms with Crippen molar-refractivity contribution in [3.05, 3.63) is 77.8 Å². The third-order valence-corrected chi connectivity index (χ3v) is 6.22. The van der Waals surface area contributed by atoms with E-state index in [0.29, 0.717) is 0 Å². The molecule has 2 aromatic heterocycles. The Hall–Kier alpha value is -2.59. The Labute approximate surface area is 158 Å². The Morgan fingerprint density at radius 2 is 2.04 bits per heavy atom. The van der Waals surface area contributed by atoms with Crippen LogP contribution in [0, 0.1) is 6.92 Å². The number of fused-ring (bicyclic) bond motifs is 1. The number of nitrogens with zero attached hydrogens (tertiary/aromatic N) is 2. The van der Waals surface area contributed by atoms with Gasteiger partial charge in [-0.15, -0.1) is 11.3 Å². The lowest BCUT2D eigenvalue weighted by atomic mass is 9.83. The fourth-order valence-corrected chi connectivity index (χ4v) is 4.58. The molecule has 0 unspecified atom stereocenters. The zero-order valence-electron chi connectivity index (χ0n) is 15.5. The van der Waals surface area contributed by atoms with Gasteiger partial charge in [0, 0.05) is 35.8 Å². The van der Waals surface area contributed by atoms with Crippen molar-refractivity contribution in [3.8, 4) is 11.1 Å². The molecule has 1 aliphatic rings. The lowest BCUT2D eigenvalue weighted by molar-refractivity contribution is 0.269. The summed E-state index contributed by atoms with van der Waals surface area (Å²) in [4.78, 5) is 6.38. The maximum absolute atomic E-state index is 4.35. The minimum absolute atomic E-state index is 0.229. The lowest BCUT2D eigenvalue weighted by Crippen LogP contribution is -2.48. The van der Waals surface area contributed by atoms with Crippen LogP contribution in [0.4, 0.5) is 0 Å². The number of thiophene rings is 1. The van der Waals surface area contributed by atoms with Crippen molar-refractivity contribution in [2.75, 3.05) is 7.05 Å². The number of benzene rings is 1. The van der Waals surface area contributed by atoms with E-state index in [1.54, 1.807) is 11.3 Å². The van der Waals surface area contributed by atoms with Gasteiger partial charge in [-0.3, -0.25) is 4.98 Å². The van der Waals surface area contributed by atoms with Gasteiger partial charge in [-0.2, -0.15) is 0 Å². The Balaban J connectivity index is 1.89. The molecule has 1 fully saturated rings. The Morgan fingerprint density at radius 1 is 1.23 bits per heavy atom. The highest BCUT2D eigenvalue weighted by Gasteiger charge is 2.34. The zero-order chi connectivity index (χ0) is 18.5. The van der Waals surface area contributed by atoms with Crippen LogP contribution in [-0.2, 0) is 5.54 Å². The van der Waals surface area contributed by atoms with Gasteiger partial charge < -0.3 is 10.2 Å². The van der Waals surface area contributed by atoms with E-state index in [-0.39, 0.29) is 5.54 Å². The molecular weight excluding hydrogens is 338 g/mol. The summed E-state index contributed by atoms with van der Waals surface area (Å²) in [7, 11) is 2.00. The van der Waals surface area contributed by atoms with Crippen LogP contribution in [0.5, 0.6) is 0 Å². The van der Waals surface area contributed by atoms with Gasteiger partial charge in [0.25, 0.3) is 0 Å². The van der Waals surface area contributed by atoms with E-state index in [1.807, 2.05) is 25.1 Å². The van der Waals surface area contributed by atoms with Crippen LogP contribution in [0.25, 0.3) is 21.2 Å². The molecule has 132 valence electrons. The molecule has 1 aliphatic heterocycles. The molecule has 1 aromatic carbocycles. The zero-order valence-corrected chi connectivity index (χ0v) is 16.3. The number of nitrogens with one attached hydrogen (secondary N) is 1. The van der Waals surface area contributed by atoms with Crippen LogP contribution in [0.3, 0.4) is 0 Å². The predicted octanol–water partition coefficient (Wildman–Crippen LogP) is 5.40. The van der Waals surface area contributed by atoms with Gasteiger partial charge in [-0.05, 0) is 71.6 Å². The molecule has 3 heterocycles. The first kappa shape index (κ1) is 16.9. The summed E-state index contributed by atoms with van der Waals surface area (Å²) in [5, 5.41) is 7.03. The van der Waals surface area contributed by atoms with Crippen LogP contribution < -0.4 is 5.32 Å². The molecule has 0 radical (unpaired) electrons. The molecule has 0 aliphatic carbocycles. The Bertz CT molecular complexity index is 1010. The minimum Gasteiger partial charge on any atom is -0.362 e. The highest BCUT2D eigenvalue weighted by molar-refractivity contribution is 7.17. The summed E-state index contributed by atoms with van der Waals surface area (Å²) >= 11 is 1.79. The largest absolute Gasteiger partial charge is 0.362 e. The molecule has 4 rings (SSSR count). The molecule has 4 heteroatoms. The van der Waals surface area contributed by atoms with Crippen LogP contribution >= 0.6 is 11.3 Å². The summed E-state index contributed by atoms with van der Waals surface area (Å²) in [5.41, 5.74) is 5.60. The van der Waals surface area contributed by atoms with E-state index in [9.17, 15) is 0 Å². The van der Waals surface area contributed by atoms with Crippen molar-refractivity contribution in [1.29, 1.82) is 0 Å². The molecule has 1 N–H and O–H groups in total. The SMILES string of the molecule is C=C1C[C@@](C)(c2cc(-c3ccnc(C)c3)c3sccc3c2)NC(=C)N1C. The first-order chi connectivity index (χ1) is 12.4. The van der Waals surface area contributed by atoms with Crippen molar-refractivity contribution < 1.29 is 0 Å². The Kier molecular flexibility index (Phi) is 3.88. The van der Waals surface area contributed by atoms with Crippen molar-refractivity contribution in [3.63, 3.8) is 0 Å². The Morgan fingerprint density at radius 3 is 2.77 bits per heavy atom. The van der Waals surface area contributed by atoms with Crippen LogP contribution in [0.1, 0.15) is 24.6 Å². The maximum atomic E-state index is 4.35. The molecule has 0 amide bonds. The second-order valence-electron chi connectivity index (χ2n) is 7.25. The second kappa shape index (κ2) is 5.99. The van der Waals surface area contributed by atoms with E-state index in [0.717, 1.165) is 23.6 Å². The fourth-order valence-electron chi connectivity index (χ4n) is 3.67. The molecule has 0 spiro atoms. The van der Waals surface area contributed by atoms with Crippen LogP contribution in [-0.4, -0.2) is 16.9 Å². The van der Waals surface area contributed by atoms with Crippen molar-refractivity contribution in [2.45, 2.75) is 25.8 Å². The van der Waals surface area contributed by atoms with Gasteiger partial charge in [0.2, 0.25) is 0 Å². The third-order valence-electron chi connectivity index (χ3n) is 5.25. The van der Waals surface area contributed by atoms with Gasteiger partial charge in [0.05, 0.1) is 11.4 Å². The molecular formula is C22H23N3S. The summed E-state index contributed by atoms with van der Waals surface area (Å²) in [6.45, 7) is 12.7. The van der Waals surface area contributed by atoms with Gasteiger partial charge >= 0.3 is 0 Å². The average Bonchev–Trinajstić information content (AvgIpc) is 3.07. The monoisotopic (exact) mass is 361 g/mol. The normalized spacial score (nSPS) is 20.5. The second-order valence-corrected chi connectivity index (χ2v) is 8.17. The molecule has 1 saturated heterocycles. The first-order valence-corrected chi connectivity index (χ1v) is 9.59. The summed E-state index contributed by atoms with van der Waals surface area (Å²) < 4.78 is 1.31. The summed E-state index contributed by atoms with van der Waals surface area (Å²) in [6, 6.07) is 11.0. The van der Waals surface area contributed by atoms with E-state index in [2.05, 4.69) is 66.1 Å². The van der Waals surface area contributed by atoms with Gasteiger partial charge in [-0.1, -0.05) is 13.2 Å². The standard InChI is InChI=1S/C22H23N3S/c1-14-10-17(6-8-23-14)20-12-19(11-18-7-9-26-21(18)20)22(4)13-15(2)25(5)16(3)24-22/h6-12,24H,2-3,13H2,1,4-5H3/t22-/m0/s1. The lowest BCUT2D eigenvalue weighted by Gasteiger charge is -2.43. The molecule has 0 saturated carbocycles. The number of hydrogen-bond donors (Lipinski definition) is 1. The number of hydrogen-bond acceptors (Lipinski definition) is 4. The van der Waals surface area contributed by atoms with Crippen LogP contribution in [0.2, 0.25) is 0 Å². The summed E-state index contributed by atoms with van der Waals surface area (Å²) in [6.07, 6.45) is 2.73. The van der Waals surface area contributed by atoms with E-state index in [1.165, 1.54) is 26.8 Å². The molecule has 3 nitrogen and oxygen atoms in total. The fraction of sp³-hybridized carbons (Fsp3) is 0.227. The van der Waals surface area contributed by atoms with E-state index < -0.39 is 0 Å². The molecule has 0 bridgehead atoms. The van der Waals surface area contributed by atoms with Crippen molar-refractivity contribution in [2.24, 2.45) is 0 Å². The predicted molar refractivity (Wildman–Crippen MR) is 111 cm³/mol. The quantitative estimate of drug-likeness (QED) is 0.663. The molecule has 3 aromatic rings. The van der Waals surface area contributed by atoms with Gasteiger partial charge in [0.1, 0.15) is 0 Å². The number of pyridine rings is 1. The highest BCUT2D eigenvalue weighted by atomic mass is 32.1. The van der Waals surface area contributed by atoms with Crippen LogP contribution in [0.15, 0.2) is 66.6 Å². The number of aryl methyl sites for hydroxylation is 1. The highest BCUT2D eigenvalue weighted by Crippen LogP contribution is 2.40. The van der Waals surface area contributed by atoms with E-state index >= 15 is 0 Å². The van der Waals surface area contributed by atoms with Gasteiger partial charge in [-0.25, -0.2) is 0 Å². The molecule has 1 atom stereocenters. The average molecular weight is 362 g/mol. The molecule has 26 heavy (non-hydrogen) atoms. The van der Waals surface area contributed by atoms with Crippen molar-refractivity contribution in [1.82, 2.24) is 15.2 Å². The van der Waals surface area contributed by atoms with Crippen molar-refractivity contribution >= 4 is 21.4 Å². The van der Waals surface area contributed by atoms with Gasteiger partial charge in [0.15, 0.2) is 0 Å². The van der Waals surface area contributed by atoms with E-state index in [4.69, 9.17) is 0 Å².